The second kappa shape index (κ2) is 5.81. The van der Waals surface area contributed by atoms with Crippen molar-refractivity contribution in [1.82, 2.24) is 5.01 Å². The van der Waals surface area contributed by atoms with Crippen LogP contribution in [-0.2, 0) is 4.79 Å². The molecule has 4 aliphatic rings. The van der Waals surface area contributed by atoms with Gasteiger partial charge in [0.25, 0.3) is 0 Å². The zero-order valence-electron chi connectivity index (χ0n) is 19.7. The summed E-state index contributed by atoms with van der Waals surface area (Å²) in [5.74, 6) is 0.131. The van der Waals surface area contributed by atoms with Crippen LogP contribution in [0.25, 0.3) is 0 Å². The van der Waals surface area contributed by atoms with Gasteiger partial charge in [-0.15, -0.1) is 0 Å². The maximum absolute atomic E-state index is 13.2. The van der Waals surface area contributed by atoms with Crippen molar-refractivity contribution in [1.29, 1.82) is 0 Å². The summed E-state index contributed by atoms with van der Waals surface area (Å²) in [4.78, 5) is 13.2. The number of benzene rings is 1. The van der Waals surface area contributed by atoms with Gasteiger partial charge in [0.1, 0.15) is 0 Å². The third-order valence-electron chi connectivity index (χ3n) is 7.77. The lowest BCUT2D eigenvalue weighted by Gasteiger charge is -2.59. The summed E-state index contributed by atoms with van der Waals surface area (Å²) in [5, 5.41) is 4.50. The number of carbonyl (C=O) groups is 1. The third kappa shape index (κ3) is 2.66. The van der Waals surface area contributed by atoms with E-state index in [0.29, 0.717) is 0 Å². The number of nitrogens with zero attached hydrogens (tertiary/aromatic N) is 2. The minimum Gasteiger partial charge on any atom is -0.273 e. The molecular formula is C27H36N2O. The zero-order chi connectivity index (χ0) is 21.7. The summed E-state index contributed by atoms with van der Waals surface area (Å²) in [7, 11) is 0. The first-order valence-corrected chi connectivity index (χ1v) is 11.5. The minimum absolute atomic E-state index is 0.131. The van der Waals surface area contributed by atoms with E-state index in [-0.39, 0.29) is 27.7 Å². The standard InChI is InChI=1S/C27H36N2O/c1-18-10-8-9-11-21(18)29-27-16-25(5,6)15-26(7,17-27)13-20-12-24(3,4)14-22(23(20)27)28(29)19(2)30/h8-11,13H,12,14-17H2,1-7H3. The van der Waals surface area contributed by atoms with Gasteiger partial charge < -0.3 is 0 Å². The molecule has 1 fully saturated rings. The SMILES string of the molecule is CC(=O)N1C2=C3C(=CC4(C)CC(C)(C)CC3(C4)N1c1ccccc1C)CC(C)(C)C2. The summed E-state index contributed by atoms with van der Waals surface area (Å²) in [6, 6.07) is 8.60. The normalized spacial score (nSPS) is 33.4. The first kappa shape index (κ1) is 19.9. The number of hydrazine groups is 1. The number of amides is 1. The molecule has 0 saturated heterocycles. The quantitative estimate of drug-likeness (QED) is 0.530. The molecule has 3 nitrogen and oxygen atoms in total. The lowest BCUT2D eigenvalue weighted by molar-refractivity contribution is -0.128. The number of para-hydroxylation sites is 1. The van der Waals surface area contributed by atoms with E-state index in [1.54, 1.807) is 6.92 Å². The highest BCUT2D eigenvalue weighted by Gasteiger charge is 2.64. The summed E-state index contributed by atoms with van der Waals surface area (Å²) >= 11 is 0. The molecule has 160 valence electrons. The molecule has 5 rings (SSSR count). The van der Waals surface area contributed by atoms with E-state index in [2.05, 4.69) is 81.9 Å². The molecule has 2 unspecified atom stereocenters. The average molecular weight is 405 g/mol. The Morgan fingerprint density at radius 1 is 0.933 bits per heavy atom. The maximum atomic E-state index is 13.2. The molecule has 1 heterocycles. The van der Waals surface area contributed by atoms with Gasteiger partial charge in [-0.1, -0.05) is 58.9 Å². The number of hydrogen-bond acceptors (Lipinski definition) is 2. The van der Waals surface area contributed by atoms with Crippen LogP contribution in [0.15, 0.2) is 47.2 Å². The number of fused-ring (bicyclic) bond motifs is 1. The molecule has 0 radical (unpaired) electrons. The van der Waals surface area contributed by atoms with Gasteiger partial charge in [0.05, 0.1) is 16.9 Å². The smallest absolute Gasteiger partial charge is 0.242 e. The van der Waals surface area contributed by atoms with E-state index < -0.39 is 0 Å². The second-order valence-corrected chi connectivity index (χ2v) is 12.3. The van der Waals surface area contributed by atoms with E-state index in [1.807, 2.05) is 0 Å². The molecule has 3 aliphatic carbocycles. The van der Waals surface area contributed by atoms with Gasteiger partial charge >= 0.3 is 0 Å². The molecule has 1 amide bonds. The molecule has 1 aromatic carbocycles. The number of allylic oxidation sites excluding steroid dienone is 2. The number of hydrogen-bond donors (Lipinski definition) is 0. The van der Waals surface area contributed by atoms with Crippen molar-refractivity contribution in [3.8, 4) is 0 Å². The molecule has 1 saturated carbocycles. The average Bonchev–Trinajstić information content (AvgIpc) is 2.80. The first-order valence-electron chi connectivity index (χ1n) is 11.5. The fourth-order valence-electron chi connectivity index (χ4n) is 7.74. The second-order valence-electron chi connectivity index (χ2n) is 12.3. The van der Waals surface area contributed by atoms with E-state index in [9.17, 15) is 4.79 Å². The largest absolute Gasteiger partial charge is 0.273 e. The Morgan fingerprint density at radius 2 is 1.63 bits per heavy atom. The summed E-state index contributed by atoms with van der Waals surface area (Å²) in [5.41, 5.74) is 7.06. The van der Waals surface area contributed by atoms with E-state index in [4.69, 9.17) is 0 Å². The predicted octanol–water partition coefficient (Wildman–Crippen LogP) is 6.55. The summed E-state index contributed by atoms with van der Waals surface area (Å²) < 4.78 is 0. The van der Waals surface area contributed by atoms with Crippen LogP contribution in [0.4, 0.5) is 5.69 Å². The van der Waals surface area contributed by atoms with Crippen molar-refractivity contribution in [2.24, 2.45) is 16.2 Å². The molecular weight excluding hydrogens is 368 g/mol. The fraction of sp³-hybridized carbons (Fsp3) is 0.593. The predicted molar refractivity (Wildman–Crippen MR) is 123 cm³/mol. The number of anilines is 1. The summed E-state index contributed by atoms with van der Waals surface area (Å²) in [6.45, 7) is 15.9. The number of carbonyl (C=O) groups excluding carboxylic acids is 1. The topological polar surface area (TPSA) is 23.6 Å². The third-order valence-corrected chi connectivity index (χ3v) is 7.77. The van der Waals surface area contributed by atoms with Crippen molar-refractivity contribution >= 4 is 11.6 Å². The van der Waals surface area contributed by atoms with Crippen molar-refractivity contribution in [2.45, 2.75) is 86.1 Å². The van der Waals surface area contributed by atoms with Gasteiger partial charge in [0, 0.05) is 12.5 Å². The van der Waals surface area contributed by atoms with Crippen LogP contribution in [0, 0.1) is 23.2 Å². The molecule has 2 atom stereocenters. The Bertz CT molecular complexity index is 1010. The van der Waals surface area contributed by atoms with Gasteiger partial charge in [-0.25, -0.2) is 5.01 Å². The highest BCUT2D eigenvalue weighted by Crippen LogP contribution is 2.67. The monoisotopic (exact) mass is 404 g/mol. The van der Waals surface area contributed by atoms with Crippen LogP contribution < -0.4 is 5.01 Å². The highest BCUT2D eigenvalue weighted by molar-refractivity contribution is 5.83. The molecule has 2 bridgehead atoms. The Morgan fingerprint density at radius 3 is 2.30 bits per heavy atom. The van der Waals surface area contributed by atoms with Gasteiger partial charge in [0.15, 0.2) is 0 Å². The Balaban J connectivity index is 1.84. The van der Waals surface area contributed by atoms with Crippen molar-refractivity contribution in [3.63, 3.8) is 0 Å². The van der Waals surface area contributed by atoms with Crippen molar-refractivity contribution < 1.29 is 4.79 Å². The van der Waals surface area contributed by atoms with Crippen LogP contribution in [0.5, 0.6) is 0 Å². The van der Waals surface area contributed by atoms with Crippen LogP contribution in [0.2, 0.25) is 0 Å². The summed E-state index contributed by atoms with van der Waals surface area (Å²) in [6.07, 6.45) is 8.05. The van der Waals surface area contributed by atoms with Gasteiger partial charge in [-0.3, -0.25) is 9.80 Å². The first-order chi connectivity index (χ1) is 13.9. The zero-order valence-corrected chi connectivity index (χ0v) is 19.7. The molecule has 0 aromatic heterocycles. The fourth-order valence-corrected chi connectivity index (χ4v) is 7.74. The van der Waals surface area contributed by atoms with Crippen LogP contribution >= 0.6 is 0 Å². The molecule has 3 heteroatoms. The van der Waals surface area contributed by atoms with E-state index >= 15 is 0 Å². The van der Waals surface area contributed by atoms with E-state index in [1.165, 1.54) is 34.5 Å². The molecule has 1 spiro atoms. The Kier molecular flexibility index (Phi) is 3.85. The van der Waals surface area contributed by atoms with Gasteiger partial charge in [-0.05, 0) is 72.5 Å². The van der Waals surface area contributed by atoms with Crippen LogP contribution in [0.3, 0.4) is 0 Å². The molecule has 1 aromatic rings. The Labute approximate surface area is 181 Å². The molecule has 1 aliphatic heterocycles. The van der Waals surface area contributed by atoms with Crippen LogP contribution in [-0.4, -0.2) is 16.5 Å². The molecule has 0 N–H and O–H groups in total. The highest BCUT2D eigenvalue weighted by atomic mass is 16.2. The van der Waals surface area contributed by atoms with Crippen molar-refractivity contribution in [3.05, 3.63) is 52.7 Å². The van der Waals surface area contributed by atoms with Crippen LogP contribution in [0.1, 0.15) is 79.2 Å². The molecule has 30 heavy (non-hydrogen) atoms. The lowest BCUT2D eigenvalue weighted by atomic mass is 9.50. The minimum atomic E-state index is -0.135. The lowest BCUT2D eigenvalue weighted by Crippen LogP contribution is -2.61. The Hall–Kier alpha value is -2.03. The number of rotatable bonds is 1. The number of aryl methyl sites for hydroxylation is 1. The van der Waals surface area contributed by atoms with Crippen molar-refractivity contribution in [2.75, 3.05) is 5.01 Å². The van der Waals surface area contributed by atoms with E-state index in [0.717, 1.165) is 25.7 Å². The maximum Gasteiger partial charge on any atom is 0.242 e. The van der Waals surface area contributed by atoms with Gasteiger partial charge in [-0.2, -0.15) is 0 Å². The van der Waals surface area contributed by atoms with Gasteiger partial charge in [0.2, 0.25) is 5.91 Å².